The lowest BCUT2D eigenvalue weighted by Gasteiger charge is -1.99. The van der Waals surface area contributed by atoms with E-state index in [0.29, 0.717) is 5.69 Å². The Morgan fingerprint density at radius 2 is 2.24 bits per heavy atom. The molecule has 0 aliphatic heterocycles. The number of methoxy groups -OCH3 is 1. The van der Waals surface area contributed by atoms with Gasteiger partial charge in [-0.05, 0) is 6.92 Å². The van der Waals surface area contributed by atoms with Crippen LogP contribution in [0.25, 0.3) is 5.65 Å². The quantitative estimate of drug-likeness (QED) is 0.668. The van der Waals surface area contributed by atoms with E-state index in [1.807, 2.05) is 0 Å². The van der Waals surface area contributed by atoms with Crippen molar-refractivity contribution in [1.82, 2.24) is 19.8 Å². The summed E-state index contributed by atoms with van der Waals surface area (Å²) in [7, 11) is 1.26. The lowest BCUT2D eigenvalue weighted by molar-refractivity contribution is 0.0602. The molecule has 2 N–H and O–H groups in total. The fraction of sp³-hybridized carbons (Fsp3) is 0.222. The zero-order valence-electron chi connectivity index (χ0n) is 9.13. The van der Waals surface area contributed by atoms with E-state index in [2.05, 4.69) is 20.0 Å². The van der Waals surface area contributed by atoms with Gasteiger partial charge in [-0.25, -0.2) is 4.79 Å². The lowest BCUT2D eigenvalue weighted by Crippen LogP contribution is -2.08. The second-order valence-corrected chi connectivity index (χ2v) is 3.23. The number of rotatable bonds is 1. The van der Waals surface area contributed by atoms with Crippen LogP contribution in [0.15, 0.2) is 0 Å². The van der Waals surface area contributed by atoms with Crippen LogP contribution < -0.4 is 5.73 Å². The number of hydrogen-bond donors (Lipinski definition) is 1. The summed E-state index contributed by atoms with van der Waals surface area (Å²) in [6.45, 7) is 1.62. The molecule has 2 aromatic heterocycles. The molecule has 0 fully saturated rings. The highest BCUT2D eigenvalue weighted by atomic mass is 16.5. The smallest absolute Gasteiger partial charge is 0.343 e. The van der Waals surface area contributed by atoms with Gasteiger partial charge in [-0.15, -0.1) is 10.2 Å². The van der Waals surface area contributed by atoms with Crippen LogP contribution in [0, 0.1) is 18.3 Å². The van der Waals surface area contributed by atoms with Crippen LogP contribution in [-0.2, 0) is 4.74 Å². The van der Waals surface area contributed by atoms with E-state index in [-0.39, 0.29) is 22.7 Å². The molecule has 0 unspecified atom stereocenters. The van der Waals surface area contributed by atoms with E-state index in [9.17, 15) is 4.79 Å². The average Bonchev–Trinajstić information content (AvgIpc) is 2.66. The largest absolute Gasteiger partial charge is 0.465 e. The van der Waals surface area contributed by atoms with Gasteiger partial charge in [0.25, 0.3) is 0 Å². The van der Waals surface area contributed by atoms with Gasteiger partial charge in [0.1, 0.15) is 11.6 Å². The molecule has 2 rings (SSSR count). The van der Waals surface area contributed by atoms with Gasteiger partial charge >= 0.3 is 5.97 Å². The van der Waals surface area contributed by atoms with Crippen molar-refractivity contribution in [2.75, 3.05) is 12.8 Å². The number of aryl methyl sites for hydroxylation is 1. The van der Waals surface area contributed by atoms with Crippen LogP contribution in [0.1, 0.15) is 21.7 Å². The third-order valence-corrected chi connectivity index (χ3v) is 2.25. The lowest BCUT2D eigenvalue weighted by atomic mass is 10.2. The maximum atomic E-state index is 11.5. The van der Waals surface area contributed by atoms with Gasteiger partial charge in [0.05, 0.1) is 12.8 Å². The third-order valence-electron chi connectivity index (χ3n) is 2.25. The van der Waals surface area contributed by atoms with Gasteiger partial charge in [-0.2, -0.15) is 14.9 Å². The zero-order valence-corrected chi connectivity index (χ0v) is 9.13. The Hall–Kier alpha value is -2.69. The summed E-state index contributed by atoms with van der Waals surface area (Å²) in [6, 6.07) is 1.78. The van der Waals surface area contributed by atoms with Crippen LogP contribution in [0.4, 0.5) is 5.82 Å². The first-order valence-corrected chi connectivity index (χ1v) is 4.60. The molecule has 17 heavy (non-hydrogen) atoms. The zero-order chi connectivity index (χ0) is 12.6. The predicted molar refractivity (Wildman–Crippen MR) is 56.0 cm³/mol. The fourth-order valence-electron chi connectivity index (χ4n) is 1.44. The van der Waals surface area contributed by atoms with Gasteiger partial charge in [-0.3, -0.25) is 0 Å². The number of carbonyl (C=O) groups is 1. The molecule has 0 radical (unpaired) electrons. The van der Waals surface area contributed by atoms with E-state index >= 15 is 0 Å². The van der Waals surface area contributed by atoms with Crippen LogP contribution >= 0.6 is 0 Å². The topological polar surface area (TPSA) is 119 Å². The summed E-state index contributed by atoms with van der Waals surface area (Å²) in [5.41, 5.74) is 6.40. The highest BCUT2D eigenvalue weighted by Crippen LogP contribution is 2.17. The molecule has 8 nitrogen and oxygen atoms in total. The van der Waals surface area contributed by atoms with Gasteiger partial charge in [0, 0.05) is 0 Å². The maximum absolute atomic E-state index is 11.5. The molecule has 0 aliphatic carbocycles. The van der Waals surface area contributed by atoms with Crippen molar-refractivity contribution in [1.29, 1.82) is 5.26 Å². The normalized spacial score (nSPS) is 10.2. The van der Waals surface area contributed by atoms with Gasteiger partial charge in [0.15, 0.2) is 11.5 Å². The minimum absolute atomic E-state index is 0.0377. The number of ether oxygens (including phenoxy) is 1. The predicted octanol–water partition coefficient (Wildman–Crippen LogP) is -0.327. The van der Waals surface area contributed by atoms with E-state index < -0.39 is 5.97 Å². The van der Waals surface area contributed by atoms with Gasteiger partial charge < -0.3 is 10.5 Å². The Labute approximate surface area is 95.6 Å². The molecule has 0 aliphatic rings. The molecule has 2 heterocycles. The summed E-state index contributed by atoms with van der Waals surface area (Å²) in [6.07, 6.45) is 0. The molecule has 0 saturated heterocycles. The molecule has 0 saturated carbocycles. The van der Waals surface area contributed by atoms with Crippen LogP contribution in [0.5, 0.6) is 0 Å². The SMILES string of the molecule is COC(=O)c1c(C)nn2c(N)c(C#N)nnc12. The van der Waals surface area contributed by atoms with Crippen LogP contribution in [-0.4, -0.2) is 32.9 Å². The van der Waals surface area contributed by atoms with Gasteiger partial charge in [0.2, 0.25) is 5.69 Å². The van der Waals surface area contributed by atoms with E-state index in [4.69, 9.17) is 11.0 Å². The molecule has 0 amide bonds. The van der Waals surface area contributed by atoms with E-state index in [0.717, 1.165) is 0 Å². The van der Waals surface area contributed by atoms with Crippen molar-refractivity contribution in [3.05, 3.63) is 17.0 Å². The number of nitrogens with two attached hydrogens (primary N) is 1. The molecule has 0 bridgehead atoms. The summed E-state index contributed by atoms with van der Waals surface area (Å²) < 4.78 is 5.82. The van der Waals surface area contributed by atoms with Crippen molar-refractivity contribution in [3.8, 4) is 6.07 Å². The van der Waals surface area contributed by atoms with Gasteiger partial charge in [-0.1, -0.05) is 0 Å². The number of carbonyl (C=O) groups excluding carboxylic acids is 1. The first-order chi connectivity index (χ1) is 8.10. The minimum atomic E-state index is -0.573. The summed E-state index contributed by atoms with van der Waals surface area (Å²) in [4.78, 5) is 11.5. The monoisotopic (exact) mass is 232 g/mol. The molecule has 2 aromatic rings. The molecule has 0 spiro atoms. The first kappa shape index (κ1) is 10.8. The van der Waals surface area contributed by atoms with E-state index in [1.54, 1.807) is 13.0 Å². The number of anilines is 1. The molecule has 86 valence electrons. The summed E-state index contributed by atoms with van der Waals surface area (Å²) in [5.74, 6) is -0.535. The Kier molecular flexibility index (Phi) is 2.36. The second-order valence-electron chi connectivity index (χ2n) is 3.23. The number of nitrogens with zero attached hydrogens (tertiary/aromatic N) is 5. The highest BCUT2D eigenvalue weighted by Gasteiger charge is 2.21. The molecule has 0 atom stereocenters. The average molecular weight is 232 g/mol. The molecule has 8 heteroatoms. The fourth-order valence-corrected chi connectivity index (χ4v) is 1.44. The molecule has 0 aromatic carbocycles. The second kappa shape index (κ2) is 3.71. The van der Waals surface area contributed by atoms with E-state index in [1.165, 1.54) is 11.6 Å². The van der Waals surface area contributed by atoms with Crippen molar-refractivity contribution in [2.24, 2.45) is 0 Å². The standard InChI is InChI=1S/C9H8N6O2/c1-4-6(9(16)17-2)8-13-12-5(3-10)7(11)15(8)14-4/h11H2,1-2H3. The van der Waals surface area contributed by atoms with Crippen molar-refractivity contribution < 1.29 is 9.53 Å². The number of esters is 1. The van der Waals surface area contributed by atoms with Crippen molar-refractivity contribution >= 4 is 17.4 Å². The number of fused-ring (bicyclic) bond motifs is 1. The number of nitriles is 1. The van der Waals surface area contributed by atoms with Crippen molar-refractivity contribution in [2.45, 2.75) is 6.92 Å². The van der Waals surface area contributed by atoms with Crippen LogP contribution in [0.2, 0.25) is 0 Å². The first-order valence-electron chi connectivity index (χ1n) is 4.60. The molecular weight excluding hydrogens is 224 g/mol. The number of hydrogen-bond acceptors (Lipinski definition) is 7. The molecular formula is C9H8N6O2. The minimum Gasteiger partial charge on any atom is -0.465 e. The third kappa shape index (κ3) is 1.45. The Morgan fingerprint density at radius 3 is 2.82 bits per heavy atom. The number of nitrogen functional groups attached to an aromatic ring is 1. The van der Waals surface area contributed by atoms with Crippen molar-refractivity contribution in [3.63, 3.8) is 0 Å². The number of aromatic nitrogens is 4. The Bertz CT molecular complexity index is 654. The maximum Gasteiger partial charge on any atom is 0.343 e. The summed E-state index contributed by atoms with van der Waals surface area (Å²) >= 11 is 0. The highest BCUT2D eigenvalue weighted by molar-refractivity contribution is 5.97. The Morgan fingerprint density at radius 1 is 1.53 bits per heavy atom. The summed E-state index contributed by atoms with van der Waals surface area (Å²) in [5, 5.41) is 20.1. The van der Waals surface area contributed by atoms with Crippen LogP contribution in [0.3, 0.4) is 0 Å². The Balaban J connectivity index is 2.82.